The standard InChI is InChI=1S/C24H24N6O3S/c25-34(31,32)19-7-5-17(6-8-19)29-24-28-15-16-4-9-20(21-3-1-2-12-27-21)23(22(16)30-24)33-18-10-13-26-14-11-18/h1-9,12,15,18,26H,10-11,13-14H2,(H2,25,31,32)(H,28,29,30). The predicted octanol–water partition coefficient (Wildman–Crippen LogP) is 3.21. The number of nitrogens with zero attached hydrogens (tertiary/aromatic N) is 3. The van der Waals surface area contributed by atoms with Gasteiger partial charge in [0.05, 0.1) is 10.6 Å². The first-order chi connectivity index (χ1) is 16.5. The summed E-state index contributed by atoms with van der Waals surface area (Å²) in [5.41, 5.74) is 2.99. The smallest absolute Gasteiger partial charge is 0.238 e. The second-order valence-corrected chi connectivity index (χ2v) is 9.61. The topological polar surface area (TPSA) is 132 Å². The summed E-state index contributed by atoms with van der Waals surface area (Å²) in [7, 11) is -3.76. The summed E-state index contributed by atoms with van der Waals surface area (Å²) in [6.45, 7) is 1.81. The van der Waals surface area contributed by atoms with Crippen molar-refractivity contribution in [2.24, 2.45) is 5.14 Å². The van der Waals surface area contributed by atoms with Crippen LogP contribution in [0.1, 0.15) is 12.8 Å². The number of nitrogens with two attached hydrogens (primary N) is 1. The fourth-order valence-electron chi connectivity index (χ4n) is 3.91. The van der Waals surface area contributed by atoms with Crippen molar-refractivity contribution in [2.75, 3.05) is 18.4 Å². The second kappa shape index (κ2) is 9.34. The molecular formula is C24H24N6O3S. The van der Waals surface area contributed by atoms with Gasteiger partial charge in [-0.2, -0.15) is 0 Å². The molecule has 10 heteroatoms. The molecule has 1 saturated heterocycles. The van der Waals surface area contributed by atoms with Crippen LogP contribution < -0.4 is 20.5 Å². The van der Waals surface area contributed by atoms with Crippen LogP contribution in [0.4, 0.5) is 11.6 Å². The third kappa shape index (κ3) is 4.84. The lowest BCUT2D eigenvalue weighted by Crippen LogP contribution is -2.34. The van der Waals surface area contributed by atoms with Gasteiger partial charge in [0.15, 0.2) is 5.75 Å². The largest absolute Gasteiger partial charge is 0.487 e. The molecule has 1 fully saturated rings. The number of hydrogen-bond donors (Lipinski definition) is 3. The van der Waals surface area contributed by atoms with E-state index in [9.17, 15) is 8.42 Å². The van der Waals surface area contributed by atoms with Gasteiger partial charge in [-0.15, -0.1) is 0 Å². The highest BCUT2D eigenvalue weighted by molar-refractivity contribution is 7.89. The second-order valence-electron chi connectivity index (χ2n) is 8.05. The van der Waals surface area contributed by atoms with Gasteiger partial charge >= 0.3 is 0 Å². The third-order valence-electron chi connectivity index (χ3n) is 5.66. The summed E-state index contributed by atoms with van der Waals surface area (Å²) in [6.07, 6.45) is 5.38. The van der Waals surface area contributed by atoms with Crippen molar-refractivity contribution in [3.05, 3.63) is 67.0 Å². The van der Waals surface area contributed by atoms with Crippen LogP contribution in [-0.4, -0.2) is 42.6 Å². The number of nitrogens with one attached hydrogen (secondary N) is 2. The fourth-order valence-corrected chi connectivity index (χ4v) is 4.43. The Morgan fingerprint density at radius 1 is 1.00 bits per heavy atom. The number of benzene rings is 2. The maximum Gasteiger partial charge on any atom is 0.238 e. The van der Waals surface area contributed by atoms with Gasteiger partial charge in [-0.1, -0.05) is 12.1 Å². The summed E-state index contributed by atoms with van der Waals surface area (Å²) in [5, 5.41) is 12.5. The Morgan fingerprint density at radius 2 is 1.79 bits per heavy atom. The SMILES string of the molecule is NS(=O)(=O)c1ccc(Nc2ncc3ccc(-c4ccccn4)c(OC4CCNCC4)c3n2)cc1. The molecule has 0 bridgehead atoms. The van der Waals surface area contributed by atoms with Crippen LogP contribution in [0.2, 0.25) is 0 Å². The lowest BCUT2D eigenvalue weighted by molar-refractivity contribution is 0.165. The number of sulfonamides is 1. The molecule has 4 N–H and O–H groups in total. The van der Waals surface area contributed by atoms with E-state index in [0.717, 1.165) is 42.6 Å². The first-order valence-electron chi connectivity index (χ1n) is 11.0. The molecule has 0 amide bonds. The van der Waals surface area contributed by atoms with Crippen molar-refractivity contribution in [2.45, 2.75) is 23.8 Å². The van der Waals surface area contributed by atoms with Gasteiger partial charge in [-0.25, -0.2) is 23.5 Å². The molecule has 0 spiro atoms. The molecule has 2 aromatic carbocycles. The zero-order chi connectivity index (χ0) is 23.5. The first kappa shape index (κ1) is 22.2. The fraction of sp³-hybridized carbons (Fsp3) is 0.208. The number of anilines is 2. The van der Waals surface area contributed by atoms with Gasteiger partial charge in [0.2, 0.25) is 16.0 Å². The van der Waals surface area contributed by atoms with Gasteiger partial charge in [-0.05, 0) is 68.4 Å². The van der Waals surface area contributed by atoms with Crippen molar-refractivity contribution >= 4 is 32.6 Å². The Kier molecular flexibility index (Phi) is 6.10. The van der Waals surface area contributed by atoms with Crippen LogP contribution in [0.5, 0.6) is 5.75 Å². The third-order valence-corrected chi connectivity index (χ3v) is 6.59. The number of hydrogen-bond acceptors (Lipinski definition) is 8. The quantitative estimate of drug-likeness (QED) is 0.386. The normalized spacial score (nSPS) is 14.7. The van der Waals surface area contributed by atoms with Gasteiger partial charge in [0.1, 0.15) is 11.6 Å². The van der Waals surface area contributed by atoms with Crippen molar-refractivity contribution in [3.63, 3.8) is 0 Å². The van der Waals surface area contributed by atoms with Crippen molar-refractivity contribution in [1.29, 1.82) is 0 Å². The predicted molar refractivity (Wildman–Crippen MR) is 130 cm³/mol. The Hall–Kier alpha value is -3.60. The van der Waals surface area contributed by atoms with Crippen LogP contribution in [0.3, 0.4) is 0 Å². The Balaban J connectivity index is 1.54. The number of pyridine rings is 1. The Morgan fingerprint density at radius 3 is 2.50 bits per heavy atom. The zero-order valence-corrected chi connectivity index (χ0v) is 19.1. The number of piperidine rings is 1. The summed E-state index contributed by atoms with van der Waals surface area (Å²) >= 11 is 0. The van der Waals surface area contributed by atoms with Gasteiger partial charge in [0.25, 0.3) is 0 Å². The number of ether oxygens (including phenoxy) is 1. The van der Waals surface area contributed by atoms with Crippen LogP contribution >= 0.6 is 0 Å². The van der Waals surface area contributed by atoms with Gasteiger partial charge < -0.3 is 15.4 Å². The average molecular weight is 477 g/mol. The van der Waals surface area contributed by atoms with E-state index < -0.39 is 10.0 Å². The van der Waals surface area contributed by atoms with Crippen LogP contribution in [0, 0.1) is 0 Å². The van der Waals surface area contributed by atoms with E-state index in [1.165, 1.54) is 12.1 Å². The van der Waals surface area contributed by atoms with Crippen LogP contribution in [0.25, 0.3) is 22.2 Å². The van der Waals surface area contributed by atoms with Crippen LogP contribution in [-0.2, 0) is 10.0 Å². The van der Waals surface area contributed by atoms with Gasteiger partial charge in [-0.3, -0.25) is 4.98 Å². The molecule has 0 unspecified atom stereocenters. The molecule has 174 valence electrons. The van der Waals surface area contributed by atoms with Crippen LogP contribution in [0.15, 0.2) is 71.9 Å². The highest BCUT2D eigenvalue weighted by Gasteiger charge is 2.21. The molecule has 34 heavy (non-hydrogen) atoms. The molecule has 2 aromatic heterocycles. The molecule has 5 rings (SSSR count). The molecule has 0 saturated carbocycles. The number of rotatable bonds is 6. The molecule has 3 heterocycles. The summed E-state index contributed by atoms with van der Waals surface area (Å²) in [5.74, 6) is 1.04. The van der Waals surface area contributed by atoms with E-state index in [1.807, 2.05) is 30.3 Å². The Labute approximate surface area is 197 Å². The van der Waals surface area contributed by atoms with E-state index in [1.54, 1.807) is 24.5 Å². The maximum atomic E-state index is 11.5. The molecule has 1 aliphatic rings. The molecule has 0 aliphatic carbocycles. The Bertz CT molecular complexity index is 1410. The van der Waals surface area contributed by atoms with Crippen molar-refractivity contribution in [1.82, 2.24) is 20.3 Å². The molecule has 9 nitrogen and oxygen atoms in total. The van der Waals surface area contributed by atoms with E-state index in [2.05, 4.69) is 20.6 Å². The molecule has 0 radical (unpaired) electrons. The molecular weight excluding hydrogens is 452 g/mol. The first-order valence-corrected chi connectivity index (χ1v) is 12.5. The van der Waals surface area contributed by atoms with E-state index >= 15 is 0 Å². The van der Waals surface area contributed by atoms with E-state index in [-0.39, 0.29) is 11.0 Å². The van der Waals surface area contributed by atoms with Gasteiger partial charge in [0, 0.05) is 29.0 Å². The summed E-state index contributed by atoms with van der Waals surface area (Å²) < 4.78 is 29.6. The maximum absolute atomic E-state index is 11.5. The number of fused-ring (bicyclic) bond motifs is 1. The minimum Gasteiger partial charge on any atom is -0.487 e. The lowest BCUT2D eigenvalue weighted by atomic mass is 10.1. The van der Waals surface area contributed by atoms with E-state index in [4.69, 9.17) is 14.9 Å². The molecule has 4 aromatic rings. The lowest BCUT2D eigenvalue weighted by Gasteiger charge is -2.25. The van der Waals surface area contributed by atoms with Crippen molar-refractivity contribution < 1.29 is 13.2 Å². The average Bonchev–Trinajstić information content (AvgIpc) is 2.85. The minimum absolute atomic E-state index is 0.0372. The molecule has 1 aliphatic heterocycles. The minimum atomic E-state index is -3.76. The number of aromatic nitrogens is 3. The van der Waals surface area contributed by atoms with E-state index in [0.29, 0.717) is 22.9 Å². The monoisotopic (exact) mass is 476 g/mol. The highest BCUT2D eigenvalue weighted by Crippen LogP contribution is 2.37. The number of primary sulfonamides is 1. The summed E-state index contributed by atoms with van der Waals surface area (Å²) in [6, 6.07) is 15.8. The van der Waals surface area contributed by atoms with Crippen molar-refractivity contribution in [3.8, 4) is 17.0 Å². The highest BCUT2D eigenvalue weighted by atomic mass is 32.2. The summed E-state index contributed by atoms with van der Waals surface area (Å²) in [4.78, 5) is 13.7. The zero-order valence-electron chi connectivity index (χ0n) is 18.3. The molecule has 0 atom stereocenters.